The van der Waals surface area contributed by atoms with E-state index in [-0.39, 0.29) is 0 Å². The number of nitrogens with one attached hydrogen (secondary N) is 1. The summed E-state index contributed by atoms with van der Waals surface area (Å²) in [5.74, 6) is 0.957. The Balaban J connectivity index is 1.48. The third-order valence-corrected chi connectivity index (χ3v) is 5.07. The summed E-state index contributed by atoms with van der Waals surface area (Å²) >= 11 is 0. The Kier molecular flexibility index (Phi) is 2.73. The SMILES string of the molecule is CC1N(CC2CCNCC2)CC12CN(C)C2. The monoisotopic (exact) mass is 223 g/mol. The summed E-state index contributed by atoms with van der Waals surface area (Å²) in [6.07, 6.45) is 2.77. The molecule has 0 aromatic rings. The van der Waals surface area contributed by atoms with Gasteiger partial charge in [0.05, 0.1) is 0 Å². The zero-order valence-corrected chi connectivity index (χ0v) is 10.7. The van der Waals surface area contributed by atoms with Crippen molar-refractivity contribution in [2.24, 2.45) is 11.3 Å². The topological polar surface area (TPSA) is 18.5 Å². The maximum Gasteiger partial charge on any atom is 0.0237 e. The first-order valence-electron chi connectivity index (χ1n) is 6.83. The van der Waals surface area contributed by atoms with Crippen LogP contribution < -0.4 is 5.32 Å². The van der Waals surface area contributed by atoms with E-state index in [0.717, 1.165) is 12.0 Å². The van der Waals surface area contributed by atoms with Crippen molar-refractivity contribution in [2.45, 2.75) is 25.8 Å². The van der Waals surface area contributed by atoms with Crippen molar-refractivity contribution >= 4 is 0 Å². The van der Waals surface area contributed by atoms with Crippen molar-refractivity contribution in [2.75, 3.05) is 46.3 Å². The summed E-state index contributed by atoms with van der Waals surface area (Å²) in [4.78, 5) is 5.18. The van der Waals surface area contributed by atoms with Crippen molar-refractivity contribution < 1.29 is 0 Å². The van der Waals surface area contributed by atoms with Crippen LogP contribution in [-0.2, 0) is 0 Å². The molecule has 0 aliphatic carbocycles. The highest BCUT2D eigenvalue weighted by atomic mass is 15.3. The van der Waals surface area contributed by atoms with E-state index >= 15 is 0 Å². The fourth-order valence-corrected chi connectivity index (χ4v) is 3.96. The van der Waals surface area contributed by atoms with Gasteiger partial charge in [0.2, 0.25) is 0 Å². The van der Waals surface area contributed by atoms with Crippen LogP contribution in [0.3, 0.4) is 0 Å². The van der Waals surface area contributed by atoms with Crippen molar-refractivity contribution in [1.82, 2.24) is 15.1 Å². The molecule has 1 unspecified atom stereocenters. The molecule has 3 aliphatic rings. The van der Waals surface area contributed by atoms with Crippen LogP contribution in [0.5, 0.6) is 0 Å². The van der Waals surface area contributed by atoms with Gasteiger partial charge >= 0.3 is 0 Å². The van der Waals surface area contributed by atoms with Gasteiger partial charge in [-0.05, 0) is 45.8 Å². The minimum atomic E-state index is 0.682. The lowest BCUT2D eigenvalue weighted by Crippen LogP contribution is -2.76. The average molecular weight is 223 g/mol. The number of likely N-dealkylation sites (tertiary alicyclic amines) is 2. The molecule has 3 rings (SSSR count). The number of piperidine rings is 1. The molecule has 92 valence electrons. The summed E-state index contributed by atoms with van der Waals surface area (Å²) in [6.45, 7) is 10.3. The molecule has 1 spiro atoms. The van der Waals surface area contributed by atoms with Gasteiger partial charge in [0, 0.05) is 37.6 Å². The Morgan fingerprint density at radius 1 is 1.19 bits per heavy atom. The molecule has 16 heavy (non-hydrogen) atoms. The van der Waals surface area contributed by atoms with Gasteiger partial charge in [0.15, 0.2) is 0 Å². The van der Waals surface area contributed by atoms with Gasteiger partial charge in [-0.3, -0.25) is 4.90 Å². The number of hydrogen-bond acceptors (Lipinski definition) is 3. The number of rotatable bonds is 2. The molecule has 0 aromatic carbocycles. The highest BCUT2D eigenvalue weighted by Gasteiger charge is 2.55. The molecule has 3 heterocycles. The molecule has 3 heteroatoms. The maximum absolute atomic E-state index is 3.45. The van der Waals surface area contributed by atoms with E-state index in [9.17, 15) is 0 Å². The van der Waals surface area contributed by atoms with Crippen molar-refractivity contribution in [3.05, 3.63) is 0 Å². The van der Waals surface area contributed by atoms with Gasteiger partial charge < -0.3 is 10.2 Å². The summed E-state index contributed by atoms with van der Waals surface area (Å²) in [7, 11) is 2.24. The van der Waals surface area contributed by atoms with Crippen LogP contribution >= 0.6 is 0 Å². The Bertz CT molecular complexity index is 254. The molecule has 1 atom stereocenters. The molecule has 0 saturated carbocycles. The van der Waals surface area contributed by atoms with Crippen LogP contribution in [0.4, 0.5) is 0 Å². The van der Waals surface area contributed by atoms with E-state index in [4.69, 9.17) is 0 Å². The van der Waals surface area contributed by atoms with E-state index in [2.05, 4.69) is 29.1 Å². The van der Waals surface area contributed by atoms with Crippen molar-refractivity contribution in [3.8, 4) is 0 Å². The van der Waals surface area contributed by atoms with Gasteiger partial charge in [-0.1, -0.05) is 0 Å². The smallest absolute Gasteiger partial charge is 0.0237 e. The molecular formula is C13H25N3. The second-order valence-corrected chi connectivity index (χ2v) is 6.33. The van der Waals surface area contributed by atoms with Crippen LogP contribution in [0.25, 0.3) is 0 Å². The Labute approximate surface area is 99.2 Å². The highest BCUT2D eigenvalue weighted by Crippen LogP contribution is 2.45. The molecule has 1 N–H and O–H groups in total. The van der Waals surface area contributed by atoms with Crippen LogP contribution in [0.1, 0.15) is 19.8 Å². The Hall–Kier alpha value is -0.120. The van der Waals surface area contributed by atoms with E-state index in [1.54, 1.807) is 0 Å². The predicted molar refractivity (Wildman–Crippen MR) is 66.6 cm³/mol. The van der Waals surface area contributed by atoms with E-state index in [1.165, 1.54) is 52.1 Å². The summed E-state index contributed by atoms with van der Waals surface area (Å²) in [6, 6.07) is 0.832. The molecule has 0 aromatic heterocycles. The third kappa shape index (κ3) is 1.69. The molecule has 3 aliphatic heterocycles. The predicted octanol–water partition coefficient (Wildman–Crippen LogP) is 0.622. The first kappa shape index (κ1) is 11.0. The minimum Gasteiger partial charge on any atom is -0.317 e. The standard InChI is InChI=1S/C13H25N3/c1-11-13(8-15(2)9-13)10-16(11)7-12-3-5-14-6-4-12/h11-12,14H,3-10H2,1-2H3. The zero-order valence-electron chi connectivity index (χ0n) is 10.7. The van der Waals surface area contributed by atoms with Crippen LogP contribution in [0.15, 0.2) is 0 Å². The molecule has 3 nitrogen and oxygen atoms in total. The highest BCUT2D eigenvalue weighted by molar-refractivity contribution is 5.10. The lowest BCUT2D eigenvalue weighted by molar-refractivity contribution is -0.155. The molecular weight excluding hydrogens is 198 g/mol. The first-order chi connectivity index (χ1) is 7.70. The lowest BCUT2D eigenvalue weighted by atomic mass is 9.66. The summed E-state index contributed by atoms with van der Waals surface area (Å²) in [5.41, 5.74) is 0.682. The largest absolute Gasteiger partial charge is 0.317 e. The summed E-state index contributed by atoms with van der Waals surface area (Å²) < 4.78 is 0. The van der Waals surface area contributed by atoms with Gasteiger partial charge in [-0.2, -0.15) is 0 Å². The molecule has 0 bridgehead atoms. The average Bonchev–Trinajstić information content (AvgIpc) is 2.27. The Morgan fingerprint density at radius 2 is 1.88 bits per heavy atom. The van der Waals surface area contributed by atoms with Gasteiger partial charge in [-0.15, -0.1) is 0 Å². The third-order valence-electron chi connectivity index (χ3n) is 5.07. The van der Waals surface area contributed by atoms with Crippen LogP contribution in [-0.4, -0.2) is 62.2 Å². The second-order valence-electron chi connectivity index (χ2n) is 6.33. The fraction of sp³-hybridized carbons (Fsp3) is 1.00. The molecule has 3 saturated heterocycles. The van der Waals surface area contributed by atoms with Gasteiger partial charge in [0.25, 0.3) is 0 Å². The molecule has 0 amide bonds. The normalized spacial score (nSPS) is 36.0. The number of nitrogens with zero attached hydrogens (tertiary/aromatic N) is 2. The fourth-order valence-electron chi connectivity index (χ4n) is 3.96. The summed E-state index contributed by atoms with van der Waals surface area (Å²) in [5, 5.41) is 3.45. The van der Waals surface area contributed by atoms with E-state index < -0.39 is 0 Å². The number of hydrogen-bond donors (Lipinski definition) is 1. The van der Waals surface area contributed by atoms with E-state index in [1.807, 2.05) is 0 Å². The van der Waals surface area contributed by atoms with Crippen LogP contribution in [0.2, 0.25) is 0 Å². The van der Waals surface area contributed by atoms with Gasteiger partial charge in [-0.25, -0.2) is 0 Å². The van der Waals surface area contributed by atoms with E-state index in [0.29, 0.717) is 5.41 Å². The minimum absolute atomic E-state index is 0.682. The molecule has 0 radical (unpaired) electrons. The molecule has 3 fully saturated rings. The zero-order chi connectivity index (χ0) is 11.2. The van der Waals surface area contributed by atoms with Crippen LogP contribution in [0, 0.1) is 11.3 Å². The van der Waals surface area contributed by atoms with Crippen molar-refractivity contribution in [1.29, 1.82) is 0 Å². The first-order valence-corrected chi connectivity index (χ1v) is 6.83. The second kappa shape index (κ2) is 3.97. The quantitative estimate of drug-likeness (QED) is 0.740. The Morgan fingerprint density at radius 3 is 2.44 bits per heavy atom. The van der Waals surface area contributed by atoms with Gasteiger partial charge in [0.1, 0.15) is 0 Å². The maximum atomic E-state index is 3.45. The lowest BCUT2D eigenvalue weighted by Gasteiger charge is -2.65. The van der Waals surface area contributed by atoms with Crippen molar-refractivity contribution in [3.63, 3.8) is 0 Å².